The number of thiazole rings is 1. The van der Waals surface area contributed by atoms with Gasteiger partial charge in [-0.05, 0) is 13.0 Å². The molecule has 1 heterocycles. The lowest BCUT2D eigenvalue weighted by Crippen LogP contribution is -2.32. The Bertz CT molecular complexity index is 565. The van der Waals surface area contributed by atoms with Gasteiger partial charge in [-0.3, -0.25) is 0 Å². The van der Waals surface area contributed by atoms with Crippen molar-refractivity contribution in [3.05, 3.63) is 45.9 Å². The molecule has 4 nitrogen and oxygen atoms in total. The van der Waals surface area contributed by atoms with Crippen LogP contribution < -0.4 is 11.1 Å². The van der Waals surface area contributed by atoms with Crippen molar-refractivity contribution in [3.63, 3.8) is 0 Å². The molecule has 0 saturated carbocycles. The molecule has 7 heteroatoms. The third-order valence-electron chi connectivity index (χ3n) is 3.09. The maximum absolute atomic E-state index is 6.23. The molecule has 2 aromatic rings. The number of benzene rings is 1. The molecule has 0 fully saturated rings. The third-order valence-corrected chi connectivity index (χ3v) is 4.26. The van der Waals surface area contributed by atoms with Crippen molar-refractivity contribution in [2.24, 2.45) is 0 Å². The fourth-order valence-electron chi connectivity index (χ4n) is 2.08. The first kappa shape index (κ1) is 18.2. The molecule has 1 aromatic carbocycles. The van der Waals surface area contributed by atoms with E-state index in [0.717, 1.165) is 15.5 Å². The lowest BCUT2D eigenvalue weighted by atomic mass is 10.0. The minimum Gasteiger partial charge on any atom is -0.375 e. The molecular formula is C14H19Cl2N3OS. The largest absolute Gasteiger partial charge is 0.375 e. The van der Waals surface area contributed by atoms with E-state index in [-0.39, 0.29) is 24.6 Å². The maximum Gasteiger partial charge on any atom is 0.180 e. The molecule has 0 bridgehead atoms. The lowest BCUT2D eigenvalue weighted by Gasteiger charge is -2.24. The molecule has 0 spiro atoms. The van der Waals surface area contributed by atoms with E-state index in [9.17, 15) is 0 Å². The second-order valence-corrected chi connectivity index (χ2v) is 6.07. The molecule has 2 atom stereocenters. The summed E-state index contributed by atoms with van der Waals surface area (Å²) in [4.78, 5) is 5.14. The average molecular weight is 348 g/mol. The zero-order valence-corrected chi connectivity index (χ0v) is 14.3. The normalized spacial score (nSPS) is 13.5. The van der Waals surface area contributed by atoms with Gasteiger partial charge in [-0.2, -0.15) is 0 Å². The summed E-state index contributed by atoms with van der Waals surface area (Å²) >= 11 is 7.72. The van der Waals surface area contributed by atoms with Crippen LogP contribution >= 0.6 is 35.3 Å². The number of nitrogens with one attached hydrogen (secondary N) is 1. The zero-order chi connectivity index (χ0) is 14.5. The Morgan fingerprint density at radius 1 is 1.43 bits per heavy atom. The monoisotopic (exact) mass is 347 g/mol. The van der Waals surface area contributed by atoms with Gasteiger partial charge in [0.15, 0.2) is 5.13 Å². The van der Waals surface area contributed by atoms with Crippen molar-refractivity contribution in [1.82, 2.24) is 10.3 Å². The highest BCUT2D eigenvalue weighted by molar-refractivity contribution is 7.15. The zero-order valence-electron chi connectivity index (χ0n) is 11.9. The van der Waals surface area contributed by atoms with E-state index in [2.05, 4.69) is 17.2 Å². The minimum atomic E-state index is -0.103. The number of hydrogen-bond donors (Lipinski definition) is 2. The van der Waals surface area contributed by atoms with Crippen LogP contribution in [-0.2, 0) is 11.3 Å². The number of aromatic nitrogens is 1. The van der Waals surface area contributed by atoms with Gasteiger partial charge in [-0.25, -0.2) is 4.98 Å². The van der Waals surface area contributed by atoms with Crippen LogP contribution in [0.15, 0.2) is 30.5 Å². The Morgan fingerprint density at radius 2 is 2.14 bits per heavy atom. The summed E-state index contributed by atoms with van der Waals surface area (Å²) in [5.41, 5.74) is 6.61. The Kier molecular flexibility index (Phi) is 7.42. The maximum atomic E-state index is 6.23. The van der Waals surface area contributed by atoms with Crippen molar-refractivity contribution >= 4 is 40.5 Å². The highest BCUT2D eigenvalue weighted by atomic mass is 35.5. The predicted octanol–water partition coefficient (Wildman–Crippen LogP) is 3.67. The third kappa shape index (κ3) is 4.83. The molecule has 0 aliphatic rings. The number of ether oxygens (including phenoxy) is 1. The molecule has 0 amide bonds. The van der Waals surface area contributed by atoms with Gasteiger partial charge in [-0.1, -0.05) is 29.8 Å². The van der Waals surface area contributed by atoms with Crippen molar-refractivity contribution in [3.8, 4) is 0 Å². The van der Waals surface area contributed by atoms with Crippen LogP contribution in [-0.4, -0.2) is 18.1 Å². The van der Waals surface area contributed by atoms with E-state index in [4.69, 9.17) is 22.1 Å². The van der Waals surface area contributed by atoms with E-state index in [1.54, 1.807) is 13.3 Å². The van der Waals surface area contributed by atoms with E-state index < -0.39 is 0 Å². The first-order valence-corrected chi connectivity index (χ1v) is 7.52. The molecule has 1 aromatic heterocycles. The molecular weight excluding hydrogens is 329 g/mol. The number of nitrogens with two attached hydrogens (primary N) is 1. The number of nitrogen functional groups attached to an aromatic ring is 1. The Labute approximate surface area is 140 Å². The van der Waals surface area contributed by atoms with Crippen molar-refractivity contribution in [1.29, 1.82) is 0 Å². The SMILES string of the molecule is COC(c1ccccc1Cl)C(C)NCc1cnc(N)s1.Cl. The smallest absolute Gasteiger partial charge is 0.180 e. The van der Waals surface area contributed by atoms with Gasteiger partial charge < -0.3 is 15.8 Å². The molecule has 2 rings (SSSR count). The summed E-state index contributed by atoms with van der Waals surface area (Å²) < 4.78 is 5.59. The number of rotatable bonds is 6. The number of hydrogen-bond acceptors (Lipinski definition) is 5. The van der Waals surface area contributed by atoms with Crippen molar-refractivity contribution in [2.75, 3.05) is 12.8 Å². The summed E-state index contributed by atoms with van der Waals surface area (Å²) in [6.45, 7) is 2.78. The topological polar surface area (TPSA) is 60.2 Å². The standard InChI is InChI=1S/C14H18ClN3OS.ClH/c1-9(17-7-10-8-18-14(16)20-10)13(19-2)11-5-3-4-6-12(11)15;/h3-6,8-9,13,17H,7H2,1-2H3,(H2,16,18);1H. The number of halogens is 2. The Balaban J connectivity index is 0.00000220. The van der Waals surface area contributed by atoms with Crippen LogP contribution in [0.4, 0.5) is 5.13 Å². The summed E-state index contributed by atoms with van der Waals surface area (Å²) in [6, 6.07) is 7.85. The second kappa shape index (κ2) is 8.56. The molecule has 2 unspecified atom stereocenters. The summed E-state index contributed by atoms with van der Waals surface area (Å²) in [5, 5.41) is 4.72. The van der Waals surface area contributed by atoms with Gasteiger partial charge in [0.1, 0.15) is 0 Å². The highest BCUT2D eigenvalue weighted by Gasteiger charge is 2.20. The van der Waals surface area contributed by atoms with Crippen molar-refractivity contribution < 1.29 is 4.74 Å². The van der Waals surface area contributed by atoms with E-state index >= 15 is 0 Å². The predicted molar refractivity (Wildman–Crippen MR) is 91.3 cm³/mol. The Hall–Kier alpha value is -0.850. The van der Waals surface area contributed by atoms with Gasteiger partial charge in [0.2, 0.25) is 0 Å². The van der Waals surface area contributed by atoms with Crippen molar-refractivity contribution in [2.45, 2.75) is 25.6 Å². The molecule has 0 saturated heterocycles. The molecule has 0 aliphatic carbocycles. The second-order valence-electron chi connectivity index (χ2n) is 4.51. The van der Waals surface area contributed by atoms with Gasteiger partial charge in [0.05, 0.1) is 6.10 Å². The van der Waals surface area contributed by atoms with E-state index in [1.807, 2.05) is 24.3 Å². The summed E-state index contributed by atoms with van der Waals surface area (Å²) in [5.74, 6) is 0. The van der Waals surface area contributed by atoms with Crippen LogP contribution in [0.25, 0.3) is 0 Å². The van der Waals surface area contributed by atoms with Crippen LogP contribution in [0.5, 0.6) is 0 Å². The quantitative estimate of drug-likeness (QED) is 0.836. The van der Waals surface area contributed by atoms with Crippen LogP contribution in [0, 0.1) is 0 Å². The van der Waals surface area contributed by atoms with Crippen LogP contribution in [0.2, 0.25) is 5.02 Å². The molecule has 116 valence electrons. The van der Waals surface area contributed by atoms with Crippen LogP contribution in [0.1, 0.15) is 23.5 Å². The molecule has 0 aliphatic heterocycles. The van der Waals surface area contributed by atoms with E-state index in [0.29, 0.717) is 11.7 Å². The lowest BCUT2D eigenvalue weighted by molar-refractivity contribution is 0.0731. The highest BCUT2D eigenvalue weighted by Crippen LogP contribution is 2.27. The summed E-state index contributed by atoms with van der Waals surface area (Å²) in [6.07, 6.45) is 1.69. The van der Waals surface area contributed by atoms with Gasteiger partial charge in [0, 0.05) is 41.4 Å². The van der Waals surface area contributed by atoms with Gasteiger partial charge in [0.25, 0.3) is 0 Å². The number of nitrogens with zero attached hydrogens (tertiary/aromatic N) is 1. The molecule has 0 radical (unpaired) electrons. The average Bonchev–Trinajstić information content (AvgIpc) is 2.85. The molecule has 3 N–H and O–H groups in total. The first-order valence-electron chi connectivity index (χ1n) is 6.32. The molecule has 21 heavy (non-hydrogen) atoms. The fraction of sp³-hybridized carbons (Fsp3) is 0.357. The van der Waals surface area contributed by atoms with E-state index in [1.165, 1.54) is 11.3 Å². The number of methoxy groups -OCH3 is 1. The first-order chi connectivity index (χ1) is 9.61. The number of anilines is 1. The Morgan fingerprint density at radius 3 is 2.71 bits per heavy atom. The van der Waals surface area contributed by atoms with Gasteiger partial charge >= 0.3 is 0 Å². The van der Waals surface area contributed by atoms with Crippen LogP contribution in [0.3, 0.4) is 0 Å². The fourth-order valence-corrected chi connectivity index (χ4v) is 2.96. The summed E-state index contributed by atoms with van der Waals surface area (Å²) in [7, 11) is 1.69. The van der Waals surface area contributed by atoms with Gasteiger partial charge in [-0.15, -0.1) is 23.7 Å². The minimum absolute atomic E-state index is 0.